The number of rotatable bonds is 3. The molecular formula is C8H16FNO. The molecule has 0 spiro atoms. The van der Waals surface area contributed by atoms with E-state index in [-0.39, 0.29) is 12.7 Å². The lowest BCUT2D eigenvalue weighted by Gasteiger charge is -2.25. The van der Waals surface area contributed by atoms with Gasteiger partial charge in [0.25, 0.3) is 0 Å². The van der Waals surface area contributed by atoms with E-state index in [9.17, 15) is 9.50 Å². The average Bonchev–Trinajstić information content (AvgIpc) is 2.25. The zero-order chi connectivity index (χ0) is 8.32. The third-order valence-electron chi connectivity index (χ3n) is 2.41. The van der Waals surface area contributed by atoms with Gasteiger partial charge in [-0.15, -0.1) is 0 Å². The first-order valence-electron chi connectivity index (χ1n) is 4.18. The van der Waals surface area contributed by atoms with Crippen LogP contribution in [0.1, 0.15) is 26.2 Å². The van der Waals surface area contributed by atoms with Crippen LogP contribution in [0.2, 0.25) is 0 Å². The molecule has 11 heavy (non-hydrogen) atoms. The minimum Gasteiger partial charge on any atom is -0.389 e. The van der Waals surface area contributed by atoms with Crippen molar-refractivity contribution >= 4 is 0 Å². The molecule has 66 valence electrons. The highest BCUT2D eigenvalue weighted by atomic mass is 19.1. The van der Waals surface area contributed by atoms with Crippen molar-refractivity contribution in [3.05, 3.63) is 0 Å². The first kappa shape index (κ1) is 8.94. The summed E-state index contributed by atoms with van der Waals surface area (Å²) in [4.78, 5) is 0. The Kier molecular flexibility index (Phi) is 2.84. The van der Waals surface area contributed by atoms with Gasteiger partial charge in [-0.3, -0.25) is 0 Å². The molecule has 1 aliphatic rings. The molecule has 2 nitrogen and oxygen atoms in total. The maximum Gasteiger partial charge on any atom is 0.102 e. The molecule has 1 rings (SSSR count). The summed E-state index contributed by atoms with van der Waals surface area (Å²) in [6.45, 7) is 1.82. The molecule has 2 atom stereocenters. The fourth-order valence-corrected chi connectivity index (χ4v) is 1.70. The molecule has 3 heteroatoms. The summed E-state index contributed by atoms with van der Waals surface area (Å²) in [5.74, 6) is 0. The van der Waals surface area contributed by atoms with Crippen LogP contribution < -0.4 is 5.32 Å². The highest BCUT2D eigenvalue weighted by Crippen LogP contribution is 2.28. The second kappa shape index (κ2) is 3.50. The van der Waals surface area contributed by atoms with Crippen LogP contribution in [0.3, 0.4) is 0 Å². The van der Waals surface area contributed by atoms with Crippen molar-refractivity contribution in [2.45, 2.75) is 37.8 Å². The average molecular weight is 161 g/mol. The maximum absolute atomic E-state index is 11.8. The Morgan fingerprint density at radius 1 is 1.73 bits per heavy atom. The van der Waals surface area contributed by atoms with Gasteiger partial charge in [0.15, 0.2) is 0 Å². The van der Waals surface area contributed by atoms with E-state index < -0.39 is 5.60 Å². The van der Waals surface area contributed by atoms with E-state index in [0.717, 1.165) is 19.3 Å². The molecular weight excluding hydrogens is 145 g/mol. The van der Waals surface area contributed by atoms with Crippen molar-refractivity contribution in [1.82, 2.24) is 5.32 Å². The van der Waals surface area contributed by atoms with Crippen molar-refractivity contribution in [1.29, 1.82) is 0 Å². The van der Waals surface area contributed by atoms with Gasteiger partial charge >= 0.3 is 0 Å². The lowest BCUT2D eigenvalue weighted by Crippen LogP contribution is -2.45. The number of nitrogens with one attached hydrogen (secondary N) is 1. The zero-order valence-electron chi connectivity index (χ0n) is 6.94. The van der Waals surface area contributed by atoms with E-state index in [0.29, 0.717) is 6.54 Å². The first-order chi connectivity index (χ1) is 5.17. The highest BCUT2D eigenvalue weighted by Gasteiger charge is 2.35. The molecule has 0 saturated heterocycles. The van der Waals surface area contributed by atoms with Crippen LogP contribution in [0.25, 0.3) is 0 Å². The van der Waals surface area contributed by atoms with Crippen LogP contribution in [-0.4, -0.2) is 30.0 Å². The third kappa shape index (κ3) is 2.14. The van der Waals surface area contributed by atoms with Crippen LogP contribution in [0.5, 0.6) is 0 Å². The number of halogens is 1. The summed E-state index contributed by atoms with van der Waals surface area (Å²) in [6.07, 6.45) is 2.83. The van der Waals surface area contributed by atoms with Crippen molar-refractivity contribution in [2.75, 3.05) is 13.2 Å². The molecule has 1 saturated carbocycles. The van der Waals surface area contributed by atoms with Crippen molar-refractivity contribution in [3.63, 3.8) is 0 Å². The lowest BCUT2D eigenvalue weighted by molar-refractivity contribution is 0.0390. The minimum atomic E-state index is -0.616. The number of hydrogen-bond acceptors (Lipinski definition) is 2. The summed E-state index contributed by atoms with van der Waals surface area (Å²) < 4.78 is 11.8. The highest BCUT2D eigenvalue weighted by molar-refractivity contribution is 4.93. The van der Waals surface area contributed by atoms with Crippen LogP contribution in [0.4, 0.5) is 4.39 Å². The van der Waals surface area contributed by atoms with Gasteiger partial charge in [0.05, 0.1) is 5.60 Å². The van der Waals surface area contributed by atoms with Gasteiger partial charge in [-0.25, -0.2) is 4.39 Å². The monoisotopic (exact) mass is 161 g/mol. The second-order valence-electron chi connectivity index (χ2n) is 3.45. The first-order valence-corrected chi connectivity index (χ1v) is 4.18. The molecule has 1 aliphatic carbocycles. The van der Waals surface area contributed by atoms with Gasteiger partial charge in [-0.2, -0.15) is 0 Å². The molecule has 0 amide bonds. The lowest BCUT2D eigenvalue weighted by atomic mass is 10.0. The number of alkyl halides is 1. The van der Waals surface area contributed by atoms with Gasteiger partial charge in [-0.05, 0) is 26.2 Å². The maximum atomic E-state index is 11.8. The zero-order valence-corrected chi connectivity index (χ0v) is 6.94. The molecule has 0 aromatic heterocycles. The quantitative estimate of drug-likeness (QED) is 0.643. The topological polar surface area (TPSA) is 32.3 Å². The SMILES string of the molecule is CC1(O)CCCC1NCCF. The standard InChI is InChI=1S/C8H16FNO/c1-8(11)4-2-3-7(8)10-6-5-9/h7,10-11H,2-6H2,1H3. The van der Waals surface area contributed by atoms with Gasteiger partial charge in [-0.1, -0.05) is 0 Å². The van der Waals surface area contributed by atoms with Crippen LogP contribution in [0.15, 0.2) is 0 Å². The fourth-order valence-electron chi connectivity index (χ4n) is 1.70. The third-order valence-corrected chi connectivity index (χ3v) is 2.41. The van der Waals surface area contributed by atoms with Gasteiger partial charge in [0, 0.05) is 12.6 Å². The Hall–Kier alpha value is -0.150. The summed E-state index contributed by atoms with van der Waals surface area (Å²) >= 11 is 0. The Bertz CT molecular complexity index is 127. The van der Waals surface area contributed by atoms with E-state index >= 15 is 0 Å². The Morgan fingerprint density at radius 2 is 2.45 bits per heavy atom. The molecule has 0 bridgehead atoms. The smallest absolute Gasteiger partial charge is 0.102 e. The number of hydrogen-bond donors (Lipinski definition) is 2. The Labute approximate surface area is 66.8 Å². The Morgan fingerprint density at radius 3 is 2.91 bits per heavy atom. The van der Waals surface area contributed by atoms with Crippen molar-refractivity contribution in [2.24, 2.45) is 0 Å². The van der Waals surface area contributed by atoms with Gasteiger partial charge in [0.1, 0.15) is 6.67 Å². The second-order valence-corrected chi connectivity index (χ2v) is 3.45. The molecule has 2 N–H and O–H groups in total. The molecule has 1 fully saturated rings. The van der Waals surface area contributed by atoms with Crippen LogP contribution in [0, 0.1) is 0 Å². The molecule has 2 unspecified atom stereocenters. The number of aliphatic hydroxyl groups is 1. The molecule has 0 aromatic carbocycles. The Balaban J connectivity index is 2.32. The van der Waals surface area contributed by atoms with Crippen LogP contribution in [-0.2, 0) is 0 Å². The molecule has 0 aromatic rings. The summed E-state index contributed by atoms with van der Waals surface area (Å²) in [6, 6.07) is 0.0956. The predicted molar refractivity (Wildman–Crippen MR) is 42.2 cm³/mol. The summed E-state index contributed by atoms with van der Waals surface area (Å²) in [5, 5.41) is 12.7. The molecule has 0 radical (unpaired) electrons. The van der Waals surface area contributed by atoms with Crippen molar-refractivity contribution < 1.29 is 9.50 Å². The molecule has 0 aliphatic heterocycles. The van der Waals surface area contributed by atoms with E-state index in [1.165, 1.54) is 0 Å². The van der Waals surface area contributed by atoms with Gasteiger partial charge in [0.2, 0.25) is 0 Å². The van der Waals surface area contributed by atoms with E-state index in [1.807, 2.05) is 6.92 Å². The van der Waals surface area contributed by atoms with Gasteiger partial charge < -0.3 is 10.4 Å². The van der Waals surface area contributed by atoms with Crippen LogP contribution >= 0.6 is 0 Å². The fraction of sp³-hybridized carbons (Fsp3) is 1.00. The molecule has 0 heterocycles. The van der Waals surface area contributed by atoms with E-state index in [4.69, 9.17) is 0 Å². The summed E-state index contributed by atoms with van der Waals surface area (Å²) in [5.41, 5.74) is -0.616. The van der Waals surface area contributed by atoms with Crippen molar-refractivity contribution in [3.8, 4) is 0 Å². The van der Waals surface area contributed by atoms with E-state index in [1.54, 1.807) is 0 Å². The normalized spacial score (nSPS) is 37.9. The van der Waals surface area contributed by atoms with E-state index in [2.05, 4.69) is 5.32 Å². The predicted octanol–water partition coefficient (Wildman–Crippen LogP) is 0.849. The largest absolute Gasteiger partial charge is 0.389 e. The minimum absolute atomic E-state index is 0.0956. The summed E-state index contributed by atoms with van der Waals surface area (Å²) in [7, 11) is 0.